The first-order valence-electron chi connectivity index (χ1n) is 10.1. The van der Waals surface area contributed by atoms with E-state index < -0.39 is 0 Å². The van der Waals surface area contributed by atoms with Gasteiger partial charge in [-0.15, -0.1) is 0 Å². The molecule has 130 valence electrons. The molecule has 0 heterocycles. The van der Waals surface area contributed by atoms with Gasteiger partial charge in [0.25, 0.3) is 0 Å². The Morgan fingerprint density at radius 1 is 0.913 bits per heavy atom. The van der Waals surface area contributed by atoms with Crippen molar-refractivity contribution < 1.29 is 4.79 Å². The first kappa shape index (κ1) is 16.1. The lowest BCUT2D eigenvalue weighted by molar-refractivity contribution is -0.134. The van der Waals surface area contributed by atoms with Gasteiger partial charge in [-0.2, -0.15) is 0 Å². The third-order valence-corrected chi connectivity index (χ3v) is 9.20. The zero-order valence-corrected chi connectivity index (χ0v) is 15.3. The van der Waals surface area contributed by atoms with E-state index in [-0.39, 0.29) is 0 Å². The zero-order chi connectivity index (χ0) is 16.4. The molecule has 0 aliphatic heterocycles. The molecule has 0 aromatic carbocycles. The highest BCUT2D eigenvalue weighted by atomic mass is 16.1. The molecule has 0 amide bonds. The Bertz CT molecular complexity index is 502. The SMILES string of the molecule is CC(=O)[C@H]1CC[C@H]2[C@@H]3CCC4C[C@H](N)CC[C@]4(C)[C@H]3CC[C@]12C. The fourth-order valence-electron chi connectivity index (χ4n) is 7.96. The van der Waals surface area contributed by atoms with E-state index in [1.54, 1.807) is 0 Å². The second-order valence-electron chi connectivity index (χ2n) is 9.98. The molecular weight excluding hydrogens is 282 g/mol. The number of nitrogens with two attached hydrogens (primary N) is 1. The van der Waals surface area contributed by atoms with Gasteiger partial charge >= 0.3 is 0 Å². The molecule has 0 bridgehead atoms. The number of fused-ring (bicyclic) bond motifs is 5. The second-order valence-corrected chi connectivity index (χ2v) is 9.98. The van der Waals surface area contributed by atoms with E-state index >= 15 is 0 Å². The smallest absolute Gasteiger partial charge is 0.133 e. The maximum atomic E-state index is 12.2. The molecule has 0 aromatic rings. The van der Waals surface area contributed by atoms with E-state index in [2.05, 4.69) is 13.8 Å². The highest BCUT2D eigenvalue weighted by Gasteiger charge is 2.60. The number of rotatable bonds is 1. The first-order valence-corrected chi connectivity index (χ1v) is 10.1. The van der Waals surface area contributed by atoms with Gasteiger partial charge in [0, 0.05) is 12.0 Å². The van der Waals surface area contributed by atoms with Gasteiger partial charge in [-0.3, -0.25) is 4.79 Å². The van der Waals surface area contributed by atoms with E-state index in [4.69, 9.17) is 5.73 Å². The van der Waals surface area contributed by atoms with Crippen molar-refractivity contribution in [3.63, 3.8) is 0 Å². The summed E-state index contributed by atoms with van der Waals surface area (Å²) in [5.41, 5.74) is 7.13. The van der Waals surface area contributed by atoms with Crippen LogP contribution in [0.2, 0.25) is 0 Å². The maximum Gasteiger partial charge on any atom is 0.133 e. The van der Waals surface area contributed by atoms with Crippen LogP contribution in [0, 0.1) is 40.4 Å². The summed E-state index contributed by atoms with van der Waals surface area (Å²) in [6.45, 7) is 6.89. The van der Waals surface area contributed by atoms with Crippen LogP contribution in [0.3, 0.4) is 0 Å². The minimum absolute atomic E-state index is 0.307. The van der Waals surface area contributed by atoms with Gasteiger partial charge in [-0.25, -0.2) is 0 Å². The van der Waals surface area contributed by atoms with Crippen molar-refractivity contribution in [2.75, 3.05) is 0 Å². The third kappa shape index (κ3) is 2.19. The van der Waals surface area contributed by atoms with Crippen molar-refractivity contribution in [2.45, 2.75) is 84.6 Å². The van der Waals surface area contributed by atoms with Crippen molar-refractivity contribution in [1.82, 2.24) is 0 Å². The van der Waals surface area contributed by atoms with Crippen LogP contribution in [0.1, 0.15) is 78.6 Å². The van der Waals surface area contributed by atoms with Crippen LogP contribution in [0.25, 0.3) is 0 Å². The Labute approximate surface area is 142 Å². The fraction of sp³-hybridized carbons (Fsp3) is 0.952. The molecule has 4 aliphatic rings. The lowest BCUT2D eigenvalue weighted by atomic mass is 9.44. The van der Waals surface area contributed by atoms with E-state index in [1.807, 2.05) is 6.92 Å². The van der Waals surface area contributed by atoms with Crippen LogP contribution >= 0.6 is 0 Å². The molecule has 2 N–H and O–H groups in total. The molecule has 4 fully saturated rings. The Balaban J connectivity index is 1.61. The number of carbonyl (C=O) groups excluding carboxylic acids is 1. The van der Waals surface area contributed by atoms with Gasteiger partial charge in [0.15, 0.2) is 0 Å². The number of Topliss-reactive ketones (excluding diaryl/α,β-unsaturated/α-hetero) is 1. The fourth-order valence-corrected chi connectivity index (χ4v) is 7.96. The maximum absolute atomic E-state index is 12.2. The molecule has 0 radical (unpaired) electrons. The minimum Gasteiger partial charge on any atom is -0.328 e. The topological polar surface area (TPSA) is 43.1 Å². The van der Waals surface area contributed by atoms with Crippen LogP contribution in [-0.4, -0.2) is 11.8 Å². The second kappa shape index (κ2) is 5.31. The largest absolute Gasteiger partial charge is 0.328 e. The van der Waals surface area contributed by atoms with Gasteiger partial charge < -0.3 is 5.73 Å². The normalized spacial score (nSPS) is 55.7. The van der Waals surface area contributed by atoms with Crippen molar-refractivity contribution in [3.8, 4) is 0 Å². The summed E-state index contributed by atoms with van der Waals surface area (Å²) in [4.78, 5) is 12.2. The summed E-state index contributed by atoms with van der Waals surface area (Å²) < 4.78 is 0. The summed E-state index contributed by atoms with van der Waals surface area (Å²) in [7, 11) is 0. The monoisotopic (exact) mass is 317 g/mol. The van der Waals surface area contributed by atoms with Crippen molar-refractivity contribution in [1.29, 1.82) is 0 Å². The van der Waals surface area contributed by atoms with Gasteiger partial charge in [0.2, 0.25) is 0 Å². The predicted molar refractivity (Wildman–Crippen MR) is 93.9 cm³/mol. The summed E-state index contributed by atoms with van der Waals surface area (Å²) >= 11 is 0. The third-order valence-electron chi connectivity index (χ3n) is 9.20. The molecule has 0 saturated heterocycles. The van der Waals surface area contributed by atoms with Gasteiger partial charge in [-0.1, -0.05) is 13.8 Å². The molecule has 2 nitrogen and oxygen atoms in total. The van der Waals surface area contributed by atoms with E-state index in [9.17, 15) is 4.79 Å². The molecule has 8 atom stereocenters. The number of hydrogen-bond donors (Lipinski definition) is 1. The summed E-state index contributed by atoms with van der Waals surface area (Å²) in [6, 6.07) is 0.451. The molecule has 4 saturated carbocycles. The average molecular weight is 318 g/mol. The Kier molecular flexibility index (Phi) is 3.72. The van der Waals surface area contributed by atoms with E-state index in [0.29, 0.717) is 28.6 Å². The first-order chi connectivity index (χ1) is 10.9. The standard InChI is InChI=1S/C21H35NO/c1-13(23)17-6-7-18-16-5-4-14-12-15(22)8-10-20(14,2)19(16)9-11-21(17,18)3/h14-19H,4-12,22H2,1-3H3/t14?,15-,16+,17-,18+,19+,20+,21-/m1/s1. The van der Waals surface area contributed by atoms with Crippen molar-refractivity contribution in [3.05, 3.63) is 0 Å². The van der Waals surface area contributed by atoms with Crippen LogP contribution in [-0.2, 0) is 4.79 Å². The summed E-state index contributed by atoms with van der Waals surface area (Å²) in [5, 5.41) is 0. The quantitative estimate of drug-likeness (QED) is 0.770. The molecule has 4 aliphatic carbocycles. The Morgan fingerprint density at radius 2 is 1.61 bits per heavy atom. The zero-order valence-electron chi connectivity index (χ0n) is 15.3. The molecule has 2 heteroatoms. The minimum atomic E-state index is 0.307. The van der Waals surface area contributed by atoms with Crippen LogP contribution in [0.15, 0.2) is 0 Å². The molecule has 1 unspecified atom stereocenters. The molecule has 23 heavy (non-hydrogen) atoms. The molecule has 0 aromatic heterocycles. The van der Waals surface area contributed by atoms with Crippen LogP contribution < -0.4 is 5.73 Å². The van der Waals surface area contributed by atoms with Crippen molar-refractivity contribution in [2.24, 2.45) is 46.2 Å². The molecule has 0 spiro atoms. The highest BCUT2D eigenvalue weighted by molar-refractivity contribution is 5.79. The van der Waals surface area contributed by atoms with Crippen LogP contribution in [0.4, 0.5) is 0 Å². The Morgan fingerprint density at radius 3 is 2.35 bits per heavy atom. The average Bonchev–Trinajstić information content (AvgIpc) is 2.85. The number of ketones is 1. The number of hydrogen-bond acceptors (Lipinski definition) is 2. The van der Waals surface area contributed by atoms with Gasteiger partial charge in [0.05, 0.1) is 0 Å². The highest BCUT2D eigenvalue weighted by Crippen LogP contribution is 2.67. The van der Waals surface area contributed by atoms with Gasteiger partial charge in [-0.05, 0) is 99.2 Å². The number of carbonyl (C=O) groups is 1. The lowest BCUT2D eigenvalue weighted by Gasteiger charge is -2.61. The van der Waals surface area contributed by atoms with Gasteiger partial charge in [0.1, 0.15) is 5.78 Å². The Hall–Kier alpha value is -0.370. The summed E-state index contributed by atoms with van der Waals surface area (Å²) in [5.74, 6) is 4.26. The molecule has 4 rings (SSSR count). The molecular formula is C21H35NO. The summed E-state index contributed by atoms with van der Waals surface area (Å²) in [6.07, 6.45) is 11.8. The van der Waals surface area contributed by atoms with Crippen molar-refractivity contribution >= 4 is 5.78 Å². The van der Waals surface area contributed by atoms with E-state index in [0.717, 1.165) is 30.1 Å². The van der Waals surface area contributed by atoms with Crippen LogP contribution in [0.5, 0.6) is 0 Å². The predicted octanol–water partition coefficient (Wildman–Crippen LogP) is 4.56. The lowest BCUT2D eigenvalue weighted by Crippen LogP contribution is -2.54. The van der Waals surface area contributed by atoms with E-state index in [1.165, 1.54) is 51.4 Å².